The number of halogens is 5. The van der Waals surface area contributed by atoms with E-state index in [4.69, 9.17) is 4.42 Å². The molecule has 11 heteroatoms. The molecule has 6 nitrogen and oxygen atoms in total. The van der Waals surface area contributed by atoms with Gasteiger partial charge in [-0.05, 0) is 80.5 Å². The highest BCUT2D eigenvalue weighted by molar-refractivity contribution is 6.10. The van der Waals surface area contributed by atoms with Gasteiger partial charge in [-0.2, -0.15) is 13.2 Å². The molecule has 3 aliphatic carbocycles. The summed E-state index contributed by atoms with van der Waals surface area (Å²) in [6, 6.07) is 5.29. The second-order valence-electron chi connectivity index (χ2n) is 11.9. The SMILES string of the molecule is O=C1N(CC2CC(NC(C3CC3)C3CC3)C2)c2cc(-c3ncco3)cc(C(F)(F)F)c2C1(O)c1c(F)cccc1F. The molecule has 3 fully saturated rings. The number of nitrogens with one attached hydrogen (secondary N) is 1. The molecule has 2 heterocycles. The van der Waals surface area contributed by atoms with Crippen LogP contribution in [0.1, 0.15) is 55.2 Å². The maximum atomic E-state index is 15.0. The van der Waals surface area contributed by atoms with Crippen LogP contribution in [0.2, 0.25) is 0 Å². The summed E-state index contributed by atoms with van der Waals surface area (Å²) in [5.74, 6) is -2.66. The van der Waals surface area contributed by atoms with Crippen molar-refractivity contribution in [1.82, 2.24) is 10.3 Å². The lowest BCUT2D eigenvalue weighted by Gasteiger charge is -2.40. The van der Waals surface area contributed by atoms with Gasteiger partial charge >= 0.3 is 6.18 Å². The first kappa shape index (κ1) is 26.6. The molecule has 1 amide bonds. The maximum Gasteiger partial charge on any atom is 0.416 e. The summed E-state index contributed by atoms with van der Waals surface area (Å²) in [7, 11) is 0. The Hall–Kier alpha value is -3.31. The number of carbonyl (C=O) groups is 1. The third kappa shape index (κ3) is 4.44. The van der Waals surface area contributed by atoms with Crippen molar-refractivity contribution in [1.29, 1.82) is 0 Å². The molecular formula is C30H28F5N3O3. The van der Waals surface area contributed by atoms with Crippen LogP contribution >= 0.6 is 0 Å². The van der Waals surface area contributed by atoms with E-state index in [1.54, 1.807) is 0 Å². The van der Waals surface area contributed by atoms with Gasteiger partial charge in [0.1, 0.15) is 17.9 Å². The molecule has 1 aliphatic heterocycles. The molecule has 1 unspecified atom stereocenters. The van der Waals surface area contributed by atoms with Gasteiger partial charge in [0, 0.05) is 29.8 Å². The van der Waals surface area contributed by atoms with Crippen LogP contribution in [0.15, 0.2) is 47.2 Å². The van der Waals surface area contributed by atoms with E-state index >= 15 is 8.78 Å². The van der Waals surface area contributed by atoms with Crippen molar-refractivity contribution in [3.63, 3.8) is 0 Å². The van der Waals surface area contributed by atoms with Crippen molar-refractivity contribution in [2.45, 2.75) is 62.4 Å². The predicted octanol–water partition coefficient (Wildman–Crippen LogP) is 5.78. The number of hydrogen-bond donors (Lipinski definition) is 2. The Morgan fingerprint density at radius 2 is 1.73 bits per heavy atom. The van der Waals surface area contributed by atoms with Crippen LogP contribution in [0.5, 0.6) is 0 Å². The van der Waals surface area contributed by atoms with Crippen LogP contribution in [-0.4, -0.2) is 34.6 Å². The predicted molar refractivity (Wildman–Crippen MR) is 138 cm³/mol. The molecule has 0 spiro atoms. The van der Waals surface area contributed by atoms with Gasteiger partial charge in [-0.3, -0.25) is 4.79 Å². The minimum Gasteiger partial charge on any atom is -0.445 e. The van der Waals surface area contributed by atoms with Crippen molar-refractivity contribution < 1.29 is 36.3 Å². The number of nitrogens with zero attached hydrogens (tertiary/aromatic N) is 2. The van der Waals surface area contributed by atoms with Crippen LogP contribution in [0.3, 0.4) is 0 Å². The summed E-state index contributed by atoms with van der Waals surface area (Å²) in [4.78, 5) is 18.9. The molecule has 0 bridgehead atoms. The quantitative estimate of drug-likeness (QED) is 0.334. The average molecular weight is 574 g/mol. The summed E-state index contributed by atoms with van der Waals surface area (Å²) >= 11 is 0. The Bertz CT molecular complexity index is 1460. The fourth-order valence-electron chi connectivity index (χ4n) is 6.72. The van der Waals surface area contributed by atoms with Gasteiger partial charge < -0.3 is 19.7 Å². The van der Waals surface area contributed by atoms with Gasteiger partial charge in [-0.1, -0.05) is 6.07 Å². The molecule has 41 heavy (non-hydrogen) atoms. The molecule has 2 aromatic carbocycles. The zero-order valence-electron chi connectivity index (χ0n) is 21.9. The van der Waals surface area contributed by atoms with E-state index in [0.717, 1.165) is 23.1 Å². The number of benzene rings is 2. The monoisotopic (exact) mass is 573 g/mol. The number of anilines is 1. The summed E-state index contributed by atoms with van der Waals surface area (Å²) in [6.45, 7) is -0.00769. The Morgan fingerprint density at radius 3 is 2.29 bits per heavy atom. The highest BCUT2D eigenvalue weighted by atomic mass is 19.4. The number of fused-ring (bicyclic) bond motifs is 1. The molecule has 4 aliphatic rings. The summed E-state index contributed by atoms with van der Waals surface area (Å²) in [5, 5.41) is 15.5. The van der Waals surface area contributed by atoms with Crippen LogP contribution < -0.4 is 10.2 Å². The van der Waals surface area contributed by atoms with Crippen molar-refractivity contribution in [3.8, 4) is 11.5 Å². The van der Waals surface area contributed by atoms with Crippen LogP contribution in [0, 0.1) is 29.4 Å². The lowest BCUT2D eigenvalue weighted by molar-refractivity contribution is -0.142. The van der Waals surface area contributed by atoms with Gasteiger partial charge in [0.15, 0.2) is 0 Å². The molecule has 2 N–H and O–H groups in total. The van der Waals surface area contributed by atoms with Gasteiger partial charge in [0.2, 0.25) is 11.5 Å². The molecule has 3 aromatic rings. The zero-order chi connectivity index (χ0) is 28.7. The number of oxazole rings is 1. The molecule has 0 radical (unpaired) electrons. The minimum atomic E-state index is -5.08. The smallest absolute Gasteiger partial charge is 0.416 e. The summed E-state index contributed by atoms with van der Waals surface area (Å²) in [6.07, 6.45) is 3.69. The molecule has 1 atom stereocenters. The molecule has 1 aromatic heterocycles. The van der Waals surface area contributed by atoms with E-state index in [2.05, 4.69) is 10.3 Å². The third-order valence-corrected chi connectivity index (χ3v) is 9.00. The second-order valence-corrected chi connectivity index (χ2v) is 11.9. The first-order valence-corrected chi connectivity index (χ1v) is 14.0. The Morgan fingerprint density at radius 1 is 1.07 bits per heavy atom. The van der Waals surface area contributed by atoms with Gasteiger partial charge in [0.05, 0.1) is 23.0 Å². The van der Waals surface area contributed by atoms with E-state index < -0.39 is 46.0 Å². The van der Waals surface area contributed by atoms with Gasteiger partial charge in [0.25, 0.3) is 5.91 Å². The van der Waals surface area contributed by atoms with Crippen molar-refractivity contribution in [2.75, 3.05) is 11.4 Å². The molecule has 0 saturated heterocycles. The fourth-order valence-corrected chi connectivity index (χ4v) is 6.72. The highest BCUT2D eigenvalue weighted by Crippen LogP contribution is 2.53. The fraction of sp³-hybridized carbons (Fsp3) is 0.467. The van der Waals surface area contributed by atoms with Crippen molar-refractivity contribution >= 4 is 11.6 Å². The van der Waals surface area contributed by atoms with Crippen molar-refractivity contribution in [2.24, 2.45) is 17.8 Å². The van der Waals surface area contributed by atoms with E-state index in [9.17, 15) is 23.1 Å². The second kappa shape index (κ2) is 9.35. The lowest BCUT2D eigenvalue weighted by atomic mass is 9.79. The molecule has 216 valence electrons. The van der Waals surface area contributed by atoms with Gasteiger partial charge in [-0.25, -0.2) is 13.8 Å². The largest absolute Gasteiger partial charge is 0.445 e. The zero-order valence-corrected chi connectivity index (χ0v) is 21.9. The summed E-state index contributed by atoms with van der Waals surface area (Å²) in [5.41, 5.74) is -7.00. The molecule has 3 saturated carbocycles. The highest BCUT2D eigenvalue weighted by Gasteiger charge is 2.58. The molecule has 7 rings (SSSR count). The van der Waals surface area contributed by atoms with E-state index in [0.29, 0.717) is 36.8 Å². The Labute approximate surface area is 232 Å². The molecular weight excluding hydrogens is 545 g/mol. The maximum absolute atomic E-state index is 15.0. The van der Waals surface area contributed by atoms with E-state index in [1.807, 2.05) is 0 Å². The van der Waals surface area contributed by atoms with E-state index in [1.165, 1.54) is 44.2 Å². The Kier molecular flexibility index (Phi) is 6.06. The minimum absolute atomic E-state index is 0.00769. The van der Waals surface area contributed by atoms with Crippen LogP contribution in [0.4, 0.5) is 27.6 Å². The first-order valence-electron chi connectivity index (χ1n) is 14.0. The lowest BCUT2D eigenvalue weighted by Crippen LogP contribution is -2.52. The third-order valence-electron chi connectivity index (χ3n) is 9.00. The number of hydrogen-bond acceptors (Lipinski definition) is 5. The first-order chi connectivity index (χ1) is 19.6. The van der Waals surface area contributed by atoms with Crippen LogP contribution in [0.25, 0.3) is 11.5 Å². The number of aliphatic hydroxyl groups is 1. The topological polar surface area (TPSA) is 78.6 Å². The average Bonchev–Trinajstić information content (AvgIpc) is 3.84. The normalized spacial score (nSPS) is 26.0. The Balaban J connectivity index is 1.27. The number of amides is 1. The number of rotatable bonds is 8. The number of aromatic nitrogens is 1. The van der Waals surface area contributed by atoms with Crippen LogP contribution in [-0.2, 0) is 16.6 Å². The summed E-state index contributed by atoms with van der Waals surface area (Å²) < 4.78 is 78.9. The van der Waals surface area contributed by atoms with E-state index in [-0.39, 0.29) is 35.6 Å². The van der Waals surface area contributed by atoms with Gasteiger partial charge in [-0.15, -0.1) is 0 Å². The number of carbonyl (C=O) groups excluding carboxylic acids is 1. The van der Waals surface area contributed by atoms with Crippen molar-refractivity contribution in [3.05, 3.63) is 71.1 Å². The number of alkyl halides is 3. The standard InChI is InChI=1S/C30H28F5N3O3/c31-21-2-1-3-22(32)25(21)29(40)24-20(30(33,34)35)12-18(27-36-8-9-41-27)13-23(24)38(28(29)39)14-15-10-19(11-15)37-26(16-4-5-16)17-6-7-17/h1-3,8-9,12-13,15-17,19,26,37,40H,4-7,10-11,14H2.